The Morgan fingerprint density at radius 1 is 1.00 bits per heavy atom. The molecule has 0 spiro atoms. The van der Waals surface area contributed by atoms with Crippen molar-refractivity contribution < 1.29 is 69.2 Å². The van der Waals surface area contributed by atoms with Crippen molar-refractivity contribution in [3.8, 4) is 0 Å². The first-order valence-electron chi connectivity index (χ1n) is 3.08. The van der Waals surface area contributed by atoms with E-state index in [2.05, 4.69) is 0 Å². The van der Waals surface area contributed by atoms with E-state index < -0.39 is 7.12 Å². The molecule has 5 heteroatoms. The van der Waals surface area contributed by atoms with Crippen molar-refractivity contribution in [3.05, 3.63) is 29.8 Å². The molecule has 2 nitrogen and oxygen atoms in total. The predicted octanol–water partition coefficient (Wildman–Crippen LogP) is -7.58. The minimum Gasteiger partial charge on any atom is -0.889 e. The van der Waals surface area contributed by atoms with Crippen LogP contribution in [-0.2, 0) is 0 Å². The van der Waals surface area contributed by atoms with Crippen LogP contribution in [0.25, 0.3) is 0 Å². The minimum absolute atomic E-state index is 0. The monoisotopic (exact) mass is 180 g/mol. The molecule has 0 unspecified atom stereocenters. The summed E-state index contributed by atoms with van der Waals surface area (Å²) in [6.45, 7) is 1.91. The third-order valence-electron chi connectivity index (χ3n) is 1.35. The van der Waals surface area contributed by atoms with E-state index in [4.69, 9.17) is 0 Å². The number of aryl methyl sites for hydroxylation is 1. The van der Waals surface area contributed by atoms with Crippen molar-refractivity contribution in [1.29, 1.82) is 0 Å². The molecular weight excluding hydrogens is 173 g/mol. The van der Waals surface area contributed by atoms with Crippen LogP contribution in [0.4, 0.5) is 0 Å². The Balaban J connectivity index is 0. The zero-order chi connectivity index (χ0) is 7.56. The molecule has 0 heterocycles. The van der Waals surface area contributed by atoms with Crippen LogP contribution >= 0.6 is 0 Å². The van der Waals surface area contributed by atoms with Crippen LogP contribution in [0.2, 0.25) is 0 Å². The van der Waals surface area contributed by atoms with Gasteiger partial charge in [0.2, 0.25) is 0 Å². The quantitative estimate of drug-likeness (QED) is 0.403. The van der Waals surface area contributed by atoms with E-state index in [0.717, 1.165) is 5.56 Å². The van der Waals surface area contributed by atoms with Gasteiger partial charge in [-0.3, -0.25) is 0 Å². The van der Waals surface area contributed by atoms with Crippen LogP contribution in [0.1, 0.15) is 5.56 Å². The van der Waals surface area contributed by atoms with Crippen molar-refractivity contribution in [3.63, 3.8) is 0 Å². The van der Waals surface area contributed by atoms with Crippen LogP contribution in [-0.4, -0.2) is 7.12 Å². The van der Waals surface area contributed by atoms with Gasteiger partial charge in [0.15, 0.2) is 0 Å². The van der Waals surface area contributed by atoms with Crippen LogP contribution in [0.3, 0.4) is 0 Å². The van der Waals surface area contributed by atoms with E-state index in [-0.39, 0.29) is 59.1 Å². The van der Waals surface area contributed by atoms with E-state index in [9.17, 15) is 10.0 Å². The Morgan fingerprint density at radius 3 is 1.75 bits per heavy atom. The molecule has 0 amide bonds. The van der Waals surface area contributed by atoms with Crippen molar-refractivity contribution in [2.45, 2.75) is 6.92 Å². The van der Waals surface area contributed by atoms with Gasteiger partial charge in [0.25, 0.3) is 0 Å². The maximum absolute atomic E-state index is 10.3. The minimum atomic E-state index is -1.85. The largest absolute Gasteiger partial charge is 1.00 e. The van der Waals surface area contributed by atoms with Crippen LogP contribution in [0.15, 0.2) is 24.3 Å². The first-order valence-corrected chi connectivity index (χ1v) is 3.08. The molecule has 52 valence electrons. The molecule has 0 atom stereocenters. The zero-order valence-electron chi connectivity index (χ0n) is 7.70. The van der Waals surface area contributed by atoms with Crippen LogP contribution < -0.4 is 74.6 Å². The Morgan fingerprint density at radius 2 is 1.42 bits per heavy atom. The molecule has 0 aromatic heterocycles. The normalized spacial score (nSPS) is 7.92. The van der Waals surface area contributed by atoms with Gasteiger partial charge in [-0.2, -0.15) is 0 Å². The van der Waals surface area contributed by atoms with E-state index >= 15 is 0 Å². The van der Waals surface area contributed by atoms with Gasteiger partial charge in [-0.05, 0) is 6.92 Å². The third kappa shape index (κ3) is 5.05. The summed E-state index contributed by atoms with van der Waals surface area (Å²) < 4.78 is 0. The fourth-order valence-electron chi connectivity index (χ4n) is 0.724. The first kappa shape index (κ1) is 15.7. The number of benzene rings is 1. The molecule has 12 heavy (non-hydrogen) atoms. The van der Waals surface area contributed by atoms with Gasteiger partial charge in [0.05, 0.1) is 0 Å². The molecular formula is C7H7BNa2O2. The summed E-state index contributed by atoms with van der Waals surface area (Å²) >= 11 is 0. The molecule has 1 aromatic carbocycles. The molecule has 0 N–H and O–H groups in total. The van der Waals surface area contributed by atoms with Gasteiger partial charge in [-0.15, -0.1) is 5.46 Å². The summed E-state index contributed by atoms with van der Waals surface area (Å²) in [6, 6.07) is 6.66. The van der Waals surface area contributed by atoms with Gasteiger partial charge in [0.1, 0.15) is 0 Å². The summed E-state index contributed by atoms with van der Waals surface area (Å²) in [5.41, 5.74) is 1.37. The van der Waals surface area contributed by atoms with Gasteiger partial charge >= 0.3 is 59.1 Å². The molecule has 0 aliphatic rings. The zero-order valence-corrected chi connectivity index (χ0v) is 11.7. The maximum atomic E-state index is 10.3. The van der Waals surface area contributed by atoms with E-state index in [0.29, 0.717) is 5.46 Å². The molecule has 0 aliphatic heterocycles. The smallest absolute Gasteiger partial charge is 0.889 e. The molecule has 1 aromatic rings. The molecule has 0 saturated carbocycles. The second kappa shape index (κ2) is 7.59. The topological polar surface area (TPSA) is 46.1 Å². The Kier molecular flexibility index (Phi) is 9.91. The summed E-state index contributed by atoms with van der Waals surface area (Å²) in [6.07, 6.45) is 0. The van der Waals surface area contributed by atoms with E-state index in [1.807, 2.05) is 6.92 Å². The third-order valence-corrected chi connectivity index (χ3v) is 1.35. The Bertz CT molecular complexity index is 213. The second-order valence-electron chi connectivity index (χ2n) is 2.24. The van der Waals surface area contributed by atoms with Crippen molar-refractivity contribution >= 4 is 12.6 Å². The fraction of sp³-hybridized carbons (Fsp3) is 0.143. The number of hydrogen-bond acceptors (Lipinski definition) is 2. The standard InChI is InChI=1S/C7H7BO2.2Na/c1-6-2-4-7(5-3-6)8(9)10;;/h2-5H,1H3;;/q-2;2*+1. The van der Waals surface area contributed by atoms with Crippen molar-refractivity contribution in [1.82, 2.24) is 0 Å². The Labute approximate surface area is 117 Å². The van der Waals surface area contributed by atoms with Crippen LogP contribution in [0, 0.1) is 6.92 Å². The van der Waals surface area contributed by atoms with Gasteiger partial charge < -0.3 is 10.0 Å². The van der Waals surface area contributed by atoms with Gasteiger partial charge in [-0.25, -0.2) is 0 Å². The summed E-state index contributed by atoms with van der Waals surface area (Å²) in [4.78, 5) is 0. The molecule has 0 saturated heterocycles. The summed E-state index contributed by atoms with van der Waals surface area (Å²) in [5.74, 6) is 0. The number of hydrogen-bond donors (Lipinski definition) is 0. The van der Waals surface area contributed by atoms with Gasteiger partial charge in [-0.1, -0.05) is 36.9 Å². The average molecular weight is 180 g/mol. The fourth-order valence-corrected chi connectivity index (χ4v) is 0.724. The second-order valence-corrected chi connectivity index (χ2v) is 2.24. The van der Waals surface area contributed by atoms with Gasteiger partial charge in [0, 0.05) is 0 Å². The molecule has 0 bridgehead atoms. The predicted molar refractivity (Wildman–Crippen MR) is 36.6 cm³/mol. The SMILES string of the molecule is Cc1ccc(B([O-])[O-])cc1.[Na+].[Na+]. The average Bonchev–Trinajstić information content (AvgIpc) is 1.88. The van der Waals surface area contributed by atoms with Crippen molar-refractivity contribution in [2.75, 3.05) is 0 Å². The molecule has 0 fully saturated rings. The van der Waals surface area contributed by atoms with E-state index in [1.165, 1.54) is 0 Å². The molecule has 0 aliphatic carbocycles. The molecule has 0 radical (unpaired) electrons. The molecule has 1 rings (SSSR count). The maximum Gasteiger partial charge on any atom is 1.00 e. The van der Waals surface area contributed by atoms with E-state index in [1.54, 1.807) is 24.3 Å². The summed E-state index contributed by atoms with van der Waals surface area (Å²) in [7, 11) is -1.85. The Hall–Kier alpha value is 1.20. The van der Waals surface area contributed by atoms with Crippen LogP contribution in [0.5, 0.6) is 0 Å². The summed E-state index contributed by atoms with van der Waals surface area (Å²) in [5, 5.41) is 20.6. The number of rotatable bonds is 1. The van der Waals surface area contributed by atoms with Crippen molar-refractivity contribution in [2.24, 2.45) is 0 Å². The first-order chi connectivity index (χ1) is 4.70.